The summed E-state index contributed by atoms with van der Waals surface area (Å²) < 4.78 is 12.6. The largest absolute Gasteiger partial charge is 0.497 e. The summed E-state index contributed by atoms with van der Waals surface area (Å²) in [6.07, 6.45) is 1.78. The van der Waals surface area contributed by atoms with Crippen LogP contribution < -0.4 is 19.6 Å². The third-order valence-electron chi connectivity index (χ3n) is 5.10. The zero-order valence-electron chi connectivity index (χ0n) is 17.8. The fraction of sp³-hybridized carbons (Fsp3) is 0.208. The van der Waals surface area contributed by atoms with E-state index in [9.17, 15) is 9.59 Å². The predicted octanol–water partition coefficient (Wildman–Crippen LogP) is 3.46. The van der Waals surface area contributed by atoms with Gasteiger partial charge in [-0.15, -0.1) is 0 Å². The molecule has 3 aromatic rings. The Kier molecular flexibility index (Phi) is 6.30. The fourth-order valence-corrected chi connectivity index (χ4v) is 4.89. The highest BCUT2D eigenvalue weighted by atomic mass is 35.5. The molecule has 0 spiro atoms. The molecule has 0 radical (unpaired) electrons. The molecule has 0 unspecified atom stereocenters. The van der Waals surface area contributed by atoms with Gasteiger partial charge in [-0.1, -0.05) is 47.2 Å². The average Bonchev–Trinajstić information content (AvgIpc) is 3.07. The molecule has 0 N–H and O–H groups in total. The standard InChI is InChI=1S/C24H21ClN2O4S/c1-4-31-23(29)20-14(2)26-24-27(21(20)16-8-10-18(30-3)11-9-16)22(28)19(32-24)13-15-6-5-7-17(25)12-15/h5-13,21H,4H2,1-3H3/b19-13-/t21-/m0/s1. The number of esters is 1. The van der Waals surface area contributed by atoms with E-state index < -0.39 is 12.0 Å². The van der Waals surface area contributed by atoms with Crippen LogP contribution in [0.25, 0.3) is 6.08 Å². The summed E-state index contributed by atoms with van der Waals surface area (Å²) in [5.41, 5.74) is 2.21. The van der Waals surface area contributed by atoms with Crippen LogP contribution in [0.15, 0.2) is 69.6 Å². The van der Waals surface area contributed by atoms with Gasteiger partial charge in [0.15, 0.2) is 4.80 Å². The van der Waals surface area contributed by atoms with Crippen LogP contribution in [0.2, 0.25) is 5.02 Å². The number of halogens is 1. The van der Waals surface area contributed by atoms with Gasteiger partial charge in [-0.25, -0.2) is 9.79 Å². The minimum atomic E-state index is -0.655. The Morgan fingerprint density at radius 2 is 2.00 bits per heavy atom. The highest BCUT2D eigenvalue weighted by molar-refractivity contribution is 7.07. The van der Waals surface area contributed by atoms with Crippen molar-refractivity contribution in [1.82, 2.24) is 4.57 Å². The van der Waals surface area contributed by atoms with E-state index in [4.69, 9.17) is 21.1 Å². The molecule has 2 heterocycles. The van der Waals surface area contributed by atoms with Gasteiger partial charge in [-0.2, -0.15) is 0 Å². The number of allylic oxidation sites excluding steroid dienone is 1. The lowest BCUT2D eigenvalue weighted by atomic mass is 9.96. The number of rotatable bonds is 5. The summed E-state index contributed by atoms with van der Waals surface area (Å²) in [6, 6.07) is 13.9. The molecule has 6 nitrogen and oxygen atoms in total. The Morgan fingerprint density at radius 3 is 2.66 bits per heavy atom. The smallest absolute Gasteiger partial charge is 0.338 e. The lowest BCUT2D eigenvalue weighted by Crippen LogP contribution is -2.39. The van der Waals surface area contributed by atoms with Crippen molar-refractivity contribution < 1.29 is 14.3 Å². The fourth-order valence-electron chi connectivity index (χ4n) is 3.64. The van der Waals surface area contributed by atoms with Crippen molar-refractivity contribution >= 4 is 35.0 Å². The van der Waals surface area contributed by atoms with Gasteiger partial charge in [0.1, 0.15) is 5.75 Å². The number of fused-ring (bicyclic) bond motifs is 1. The third-order valence-corrected chi connectivity index (χ3v) is 6.31. The van der Waals surface area contributed by atoms with E-state index in [-0.39, 0.29) is 12.2 Å². The van der Waals surface area contributed by atoms with Gasteiger partial charge < -0.3 is 9.47 Å². The molecule has 8 heteroatoms. The summed E-state index contributed by atoms with van der Waals surface area (Å²) in [7, 11) is 1.59. The van der Waals surface area contributed by atoms with Crippen molar-refractivity contribution in [2.24, 2.45) is 4.99 Å². The quantitative estimate of drug-likeness (QED) is 0.538. The summed E-state index contributed by atoms with van der Waals surface area (Å²) in [5, 5.41) is 0.586. The second-order valence-electron chi connectivity index (χ2n) is 7.13. The van der Waals surface area contributed by atoms with Crippen molar-refractivity contribution in [3.05, 3.63) is 95.6 Å². The number of aromatic nitrogens is 1. The molecule has 0 amide bonds. The van der Waals surface area contributed by atoms with Crippen LogP contribution in [0.4, 0.5) is 0 Å². The van der Waals surface area contributed by atoms with Crippen molar-refractivity contribution in [2.75, 3.05) is 13.7 Å². The summed E-state index contributed by atoms with van der Waals surface area (Å²) in [5.74, 6) is 0.194. The molecule has 0 bridgehead atoms. The topological polar surface area (TPSA) is 69.9 Å². The lowest BCUT2D eigenvalue weighted by molar-refractivity contribution is -0.139. The summed E-state index contributed by atoms with van der Waals surface area (Å²) >= 11 is 7.37. The van der Waals surface area contributed by atoms with Gasteiger partial charge in [-0.05, 0) is 55.3 Å². The van der Waals surface area contributed by atoms with E-state index in [1.165, 1.54) is 11.3 Å². The zero-order chi connectivity index (χ0) is 22.8. The second-order valence-corrected chi connectivity index (χ2v) is 8.58. The maximum Gasteiger partial charge on any atom is 0.338 e. The van der Waals surface area contributed by atoms with E-state index in [0.29, 0.717) is 31.4 Å². The van der Waals surface area contributed by atoms with Crippen molar-refractivity contribution in [3.8, 4) is 5.75 Å². The Labute approximate surface area is 193 Å². The first-order valence-electron chi connectivity index (χ1n) is 10.0. The zero-order valence-corrected chi connectivity index (χ0v) is 19.4. The van der Waals surface area contributed by atoms with Crippen LogP contribution in [0.3, 0.4) is 0 Å². The van der Waals surface area contributed by atoms with Gasteiger partial charge in [0.2, 0.25) is 0 Å². The Balaban J connectivity index is 1.94. The second kappa shape index (κ2) is 9.14. The number of nitrogens with zero attached hydrogens (tertiary/aromatic N) is 2. The van der Waals surface area contributed by atoms with Gasteiger partial charge >= 0.3 is 5.97 Å². The number of hydrogen-bond donors (Lipinski definition) is 0. The first-order chi connectivity index (χ1) is 15.4. The maximum absolute atomic E-state index is 13.5. The lowest BCUT2D eigenvalue weighted by Gasteiger charge is -2.24. The summed E-state index contributed by atoms with van der Waals surface area (Å²) in [6.45, 7) is 3.73. The van der Waals surface area contributed by atoms with Crippen molar-refractivity contribution in [2.45, 2.75) is 19.9 Å². The third kappa shape index (κ3) is 4.13. The van der Waals surface area contributed by atoms with Gasteiger partial charge in [0, 0.05) is 5.02 Å². The molecule has 164 valence electrons. The van der Waals surface area contributed by atoms with Crippen LogP contribution >= 0.6 is 22.9 Å². The van der Waals surface area contributed by atoms with Crippen LogP contribution in [-0.4, -0.2) is 24.3 Å². The molecule has 4 rings (SSSR count). The number of methoxy groups -OCH3 is 1. The van der Waals surface area contributed by atoms with E-state index in [2.05, 4.69) is 4.99 Å². The highest BCUT2D eigenvalue weighted by Crippen LogP contribution is 2.31. The molecule has 1 aliphatic heterocycles. The molecular weight excluding hydrogens is 448 g/mol. The predicted molar refractivity (Wildman–Crippen MR) is 125 cm³/mol. The number of carbonyl (C=O) groups is 1. The normalized spacial score (nSPS) is 15.9. The van der Waals surface area contributed by atoms with Gasteiger partial charge in [0.25, 0.3) is 5.56 Å². The highest BCUT2D eigenvalue weighted by Gasteiger charge is 2.33. The van der Waals surface area contributed by atoms with Crippen LogP contribution in [0, 0.1) is 0 Å². The van der Waals surface area contributed by atoms with Gasteiger partial charge in [-0.3, -0.25) is 9.36 Å². The van der Waals surface area contributed by atoms with E-state index in [1.54, 1.807) is 55.9 Å². The van der Waals surface area contributed by atoms with E-state index in [1.807, 2.05) is 24.3 Å². The number of hydrogen-bond acceptors (Lipinski definition) is 6. The molecule has 0 aliphatic carbocycles. The van der Waals surface area contributed by atoms with E-state index >= 15 is 0 Å². The molecule has 2 aromatic carbocycles. The number of benzene rings is 2. The molecule has 0 saturated carbocycles. The molecule has 1 aliphatic rings. The Bertz CT molecular complexity index is 1390. The molecular formula is C24H21ClN2O4S. The van der Waals surface area contributed by atoms with E-state index in [0.717, 1.165) is 11.1 Å². The first kappa shape index (κ1) is 22.0. The van der Waals surface area contributed by atoms with Gasteiger partial charge in [0.05, 0.1) is 35.6 Å². The minimum absolute atomic E-state index is 0.226. The first-order valence-corrected chi connectivity index (χ1v) is 11.2. The SMILES string of the molecule is CCOC(=O)C1=C(C)N=c2s/c(=C\c3cccc(Cl)c3)c(=O)n2[C@H]1c1ccc(OC)cc1. The van der Waals surface area contributed by atoms with Crippen molar-refractivity contribution in [1.29, 1.82) is 0 Å². The molecule has 0 fully saturated rings. The Morgan fingerprint density at radius 1 is 1.25 bits per heavy atom. The minimum Gasteiger partial charge on any atom is -0.497 e. The molecule has 0 saturated heterocycles. The number of thiazole rings is 1. The van der Waals surface area contributed by atoms with Crippen molar-refractivity contribution in [3.63, 3.8) is 0 Å². The molecule has 1 aromatic heterocycles. The molecule has 32 heavy (non-hydrogen) atoms. The Hall–Kier alpha value is -3.16. The number of ether oxygens (including phenoxy) is 2. The van der Waals surface area contributed by atoms with Crippen LogP contribution in [0.5, 0.6) is 5.75 Å². The molecule has 1 atom stereocenters. The maximum atomic E-state index is 13.5. The van der Waals surface area contributed by atoms with Crippen LogP contribution in [-0.2, 0) is 9.53 Å². The average molecular weight is 469 g/mol. The summed E-state index contributed by atoms with van der Waals surface area (Å²) in [4.78, 5) is 31.5. The van der Waals surface area contributed by atoms with Crippen LogP contribution in [0.1, 0.15) is 31.0 Å². The number of carbonyl (C=O) groups excluding carboxylic acids is 1. The monoisotopic (exact) mass is 468 g/mol.